The maximum Gasteiger partial charge on any atom is 0.306 e. The normalized spacial score (nSPS) is 46.7. The topological polar surface area (TPSA) is 37.3 Å². The second-order valence-electron chi connectivity index (χ2n) is 13.0. The van der Waals surface area contributed by atoms with E-state index in [9.17, 15) is 9.90 Å². The summed E-state index contributed by atoms with van der Waals surface area (Å²) in [6.45, 7) is 12.5. The quantitative estimate of drug-likeness (QED) is 0.479. The lowest BCUT2D eigenvalue weighted by molar-refractivity contribution is -0.152. The maximum absolute atomic E-state index is 11.6. The van der Waals surface area contributed by atoms with Gasteiger partial charge in [0.1, 0.15) is 0 Å². The largest absolute Gasteiger partial charge is 0.481 e. The van der Waals surface area contributed by atoms with E-state index < -0.39 is 5.97 Å². The summed E-state index contributed by atoms with van der Waals surface area (Å²) in [6, 6.07) is 0. The van der Waals surface area contributed by atoms with Crippen molar-refractivity contribution >= 4 is 5.97 Å². The average molecular weight is 417 g/mol. The van der Waals surface area contributed by atoms with Crippen LogP contribution in [0.5, 0.6) is 0 Å². The molecule has 0 heterocycles. The zero-order valence-corrected chi connectivity index (χ0v) is 20.5. The molecule has 0 spiro atoms. The molecule has 172 valence electrons. The molecule has 0 aromatic rings. The van der Waals surface area contributed by atoms with Crippen LogP contribution in [0.15, 0.2) is 0 Å². The fourth-order valence-corrected chi connectivity index (χ4v) is 9.51. The lowest BCUT2D eigenvalue weighted by Crippen LogP contribution is -2.54. The van der Waals surface area contributed by atoms with Crippen LogP contribution in [0.3, 0.4) is 0 Å². The second kappa shape index (κ2) is 8.43. The van der Waals surface area contributed by atoms with Crippen LogP contribution in [0.25, 0.3) is 0 Å². The lowest BCUT2D eigenvalue weighted by atomic mass is 9.44. The Morgan fingerprint density at radius 2 is 1.60 bits per heavy atom. The first-order chi connectivity index (χ1) is 14.2. The number of hydrogen-bond acceptors (Lipinski definition) is 1. The van der Waals surface area contributed by atoms with E-state index in [2.05, 4.69) is 34.6 Å². The summed E-state index contributed by atoms with van der Waals surface area (Å²) >= 11 is 0. The molecule has 1 N–H and O–H groups in total. The van der Waals surface area contributed by atoms with Gasteiger partial charge < -0.3 is 5.11 Å². The van der Waals surface area contributed by atoms with Crippen LogP contribution in [0.4, 0.5) is 0 Å². The summed E-state index contributed by atoms with van der Waals surface area (Å²) in [4.78, 5) is 11.6. The Hall–Kier alpha value is -0.530. The highest BCUT2D eigenvalue weighted by molar-refractivity contribution is 5.70. The minimum absolute atomic E-state index is 0.0731. The molecule has 30 heavy (non-hydrogen) atoms. The summed E-state index contributed by atoms with van der Waals surface area (Å²) in [5, 5.41) is 9.57. The summed E-state index contributed by atoms with van der Waals surface area (Å²) in [6.07, 6.45) is 15.7. The summed E-state index contributed by atoms with van der Waals surface area (Å²) < 4.78 is 0. The van der Waals surface area contributed by atoms with Gasteiger partial charge >= 0.3 is 5.97 Å². The molecule has 0 aromatic carbocycles. The molecule has 0 saturated heterocycles. The van der Waals surface area contributed by atoms with E-state index in [4.69, 9.17) is 0 Å². The van der Waals surface area contributed by atoms with Crippen LogP contribution >= 0.6 is 0 Å². The van der Waals surface area contributed by atoms with Gasteiger partial charge in [-0.2, -0.15) is 0 Å². The number of carboxylic acid groups (broad SMARTS) is 1. The minimum Gasteiger partial charge on any atom is -0.481 e. The zero-order valence-electron chi connectivity index (χ0n) is 20.5. The van der Waals surface area contributed by atoms with Crippen molar-refractivity contribution < 1.29 is 9.90 Å². The van der Waals surface area contributed by atoms with Crippen LogP contribution in [0, 0.1) is 58.2 Å². The van der Waals surface area contributed by atoms with Crippen LogP contribution < -0.4 is 0 Å². The maximum atomic E-state index is 11.6. The molecule has 4 aliphatic carbocycles. The first-order valence-corrected chi connectivity index (χ1v) is 13.4. The van der Waals surface area contributed by atoms with Crippen molar-refractivity contribution in [2.45, 2.75) is 112 Å². The molecule has 2 heteroatoms. The monoisotopic (exact) mass is 416 g/mol. The first kappa shape index (κ1) is 22.7. The Bertz CT molecular complexity index is 626. The molecule has 0 radical (unpaired) electrons. The Kier molecular flexibility index (Phi) is 6.37. The third-order valence-electron chi connectivity index (χ3n) is 11.2. The highest BCUT2D eigenvalue weighted by atomic mass is 16.4. The molecule has 0 amide bonds. The third kappa shape index (κ3) is 3.77. The van der Waals surface area contributed by atoms with Crippen LogP contribution in [0.1, 0.15) is 112 Å². The summed E-state index contributed by atoms with van der Waals surface area (Å²) in [7, 11) is 0. The fourth-order valence-electron chi connectivity index (χ4n) is 9.51. The molecule has 0 aliphatic heterocycles. The van der Waals surface area contributed by atoms with Gasteiger partial charge in [0.15, 0.2) is 0 Å². The van der Waals surface area contributed by atoms with Gasteiger partial charge in [-0.1, -0.05) is 53.9 Å². The van der Waals surface area contributed by atoms with Crippen molar-refractivity contribution in [3.63, 3.8) is 0 Å². The van der Waals surface area contributed by atoms with Crippen molar-refractivity contribution in [3.05, 3.63) is 0 Å². The smallest absolute Gasteiger partial charge is 0.306 e. The Labute approximate surface area is 186 Å². The van der Waals surface area contributed by atoms with Crippen LogP contribution in [0.2, 0.25) is 0 Å². The van der Waals surface area contributed by atoms with Gasteiger partial charge in [-0.3, -0.25) is 4.79 Å². The van der Waals surface area contributed by atoms with Crippen molar-refractivity contribution in [1.29, 1.82) is 0 Å². The van der Waals surface area contributed by atoms with Gasteiger partial charge in [-0.15, -0.1) is 0 Å². The predicted molar refractivity (Wildman–Crippen MR) is 124 cm³/mol. The fraction of sp³-hybridized carbons (Fsp3) is 0.964. The van der Waals surface area contributed by atoms with Gasteiger partial charge in [0.2, 0.25) is 0 Å². The summed E-state index contributed by atoms with van der Waals surface area (Å²) in [5.41, 5.74) is 0.983. The van der Waals surface area contributed by atoms with E-state index in [0.717, 1.165) is 54.8 Å². The van der Waals surface area contributed by atoms with Crippen LogP contribution in [-0.2, 0) is 4.79 Å². The average Bonchev–Trinajstić information content (AvgIpc) is 3.04. The molecule has 9 atom stereocenters. The lowest BCUT2D eigenvalue weighted by Gasteiger charge is -2.61. The van der Waals surface area contributed by atoms with E-state index in [1.807, 2.05) is 0 Å². The number of hydrogen-bond donors (Lipinski definition) is 1. The highest BCUT2D eigenvalue weighted by Crippen LogP contribution is 2.68. The number of fused-ring (bicyclic) bond motifs is 5. The van der Waals surface area contributed by atoms with Gasteiger partial charge in [0.05, 0.1) is 5.92 Å². The van der Waals surface area contributed by atoms with Gasteiger partial charge in [0, 0.05) is 0 Å². The standard InChI is InChI=1S/C28H48O2/c1-18(2)7-6-8-19(3)23-11-12-24-22-10-9-21-17-20(26(29)30)13-15-27(21,4)25(22)14-16-28(23,24)5/h18-25H,6-17H2,1-5H3,(H,29,30)/t19-,20-,21+,22+,23+,24-,25-,27+,28-/m1/s1. The number of carboxylic acids is 1. The minimum atomic E-state index is -0.541. The molecule has 0 bridgehead atoms. The molecule has 0 aromatic heterocycles. The van der Waals surface area contributed by atoms with E-state index in [-0.39, 0.29) is 5.92 Å². The van der Waals surface area contributed by atoms with Gasteiger partial charge in [0.25, 0.3) is 0 Å². The van der Waals surface area contributed by atoms with Crippen molar-refractivity contribution in [2.75, 3.05) is 0 Å². The molecule has 4 saturated carbocycles. The van der Waals surface area contributed by atoms with E-state index in [0.29, 0.717) is 16.7 Å². The van der Waals surface area contributed by atoms with E-state index in [1.165, 1.54) is 57.8 Å². The SMILES string of the molecule is CC(C)CCC[C@@H](C)[C@@H]1CC[C@@H]2[C@@H]3CC[C@H]4C[C@H](C(=O)O)CC[C@]4(C)[C@@H]3CC[C@@]21C. The molecule has 4 rings (SSSR count). The number of carbonyl (C=O) groups is 1. The van der Waals surface area contributed by atoms with Crippen molar-refractivity contribution in [1.82, 2.24) is 0 Å². The Balaban J connectivity index is 1.45. The Morgan fingerprint density at radius 3 is 2.30 bits per heavy atom. The van der Waals surface area contributed by atoms with E-state index in [1.54, 1.807) is 0 Å². The molecule has 4 aliphatic rings. The number of rotatable bonds is 6. The zero-order chi connectivity index (χ0) is 21.7. The molecule has 0 unspecified atom stereocenters. The third-order valence-corrected chi connectivity index (χ3v) is 11.2. The van der Waals surface area contributed by atoms with Gasteiger partial charge in [-0.25, -0.2) is 0 Å². The second-order valence-corrected chi connectivity index (χ2v) is 13.0. The molecular weight excluding hydrogens is 368 g/mol. The predicted octanol–water partition coefficient (Wildman–Crippen LogP) is 7.81. The molecule has 2 nitrogen and oxygen atoms in total. The first-order valence-electron chi connectivity index (χ1n) is 13.4. The van der Waals surface area contributed by atoms with Crippen molar-refractivity contribution in [2.24, 2.45) is 58.2 Å². The van der Waals surface area contributed by atoms with Crippen molar-refractivity contribution in [3.8, 4) is 0 Å². The molecule has 4 fully saturated rings. The molecular formula is C28H48O2. The Morgan fingerprint density at radius 1 is 0.900 bits per heavy atom. The van der Waals surface area contributed by atoms with E-state index >= 15 is 0 Å². The van der Waals surface area contributed by atoms with Crippen LogP contribution in [-0.4, -0.2) is 11.1 Å². The number of aliphatic carboxylic acids is 1. The summed E-state index contributed by atoms with van der Waals surface area (Å²) in [5.74, 6) is 5.41. The highest BCUT2D eigenvalue weighted by Gasteiger charge is 2.60. The van der Waals surface area contributed by atoms with Gasteiger partial charge in [-0.05, 0) is 110 Å².